The molecule has 124 valence electrons. The van der Waals surface area contributed by atoms with Crippen LogP contribution < -0.4 is 5.73 Å². The topological polar surface area (TPSA) is 104 Å². The van der Waals surface area contributed by atoms with Crippen molar-refractivity contribution < 1.29 is 9.47 Å². The van der Waals surface area contributed by atoms with Crippen molar-refractivity contribution in [1.29, 1.82) is 10.5 Å². The van der Waals surface area contributed by atoms with Crippen molar-refractivity contribution in [3.05, 3.63) is 35.4 Å². The number of nitrogens with zero attached hydrogens (tertiary/aromatic N) is 3. The fourth-order valence-corrected chi connectivity index (χ4v) is 4.10. The van der Waals surface area contributed by atoms with Gasteiger partial charge in [0.25, 0.3) is 5.91 Å². The van der Waals surface area contributed by atoms with Gasteiger partial charge in [0.2, 0.25) is 0 Å². The lowest BCUT2D eigenvalue weighted by Crippen LogP contribution is -2.43. The Hall–Kier alpha value is -2.41. The lowest BCUT2D eigenvalue weighted by atomic mass is 9.93. The Kier molecular flexibility index (Phi) is 3.64. The number of hydrogen-bond acceptors (Lipinski definition) is 6. The summed E-state index contributed by atoms with van der Waals surface area (Å²) in [6, 6.07) is 12.3. The van der Waals surface area contributed by atoms with Crippen molar-refractivity contribution in [3.8, 4) is 12.1 Å². The van der Waals surface area contributed by atoms with Crippen LogP contribution in [0.4, 0.5) is 0 Å². The molecule has 0 bridgehead atoms. The Balaban J connectivity index is 2.23. The highest BCUT2D eigenvalue weighted by Gasteiger charge is 2.93. The quantitative estimate of drug-likeness (QED) is 0.836. The summed E-state index contributed by atoms with van der Waals surface area (Å²) in [6.45, 7) is 6.15. The smallest absolute Gasteiger partial charge is 0.293 e. The molecule has 0 spiro atoms. The van der Waals surface area contributed by atoms with Gasteiger partial charge in [0, 0.05) is 19.1 Å². The molecule has 0 unspecified atom stereocenters. The second kappa shape index (κ2) is 5.31. The number of benzene rings is 1. The molecule has 2 N–H and O–H groups in total. The molecule has 1 aliphatic carbocycles. The monoisotopic (exact) mass is 324 g/mol. The van der Waals surface area contributed by atoms with E-state index < -0.39 is 22.7 Å². The minimum Gasteiger partial charge on any atom is -0.386 e. The zero-order chi connectivity index (χ0) is 17.6. The molecule has 0 amide bonds. The molecule has 1 fully saturated rings. The predicted molar refractivity (Wildman–Crippen MR) is 87.6 cm³/mol. The molecule has 1 aromatic rings. The molecule has 3 atom stereocenters. The van der Waals surface area contributed by atoms with Crippen LogP contribution in [0.2, 0.25) is 0 Å². The van der Waals surface area contributed by atoms with Gasteiger partial charge < -0.3 is 15.2 Å². The number of rotatable bonds is 5. The van der Waals surface area contributed by atoms with E-state index in [1.807, 2.05) is 31.2 Å². The standard InChI is InChI=1S/C18H20N4O2/c1-4-23-18(24-5-2)17(11-20)14(13-8-6-7-12(3)9-13)16(17,10-19)15(21)22-18/h6-9,14H,4-5H2,1-3H3,(H2,21,22)/t14-,16-,17+/m0/s1. The minimum absolute atomic E-state index is 0.111. The van der Waals surface area contributed by atoms with E-state index in [4.69, 9.17) is 15.2 Å². The highest BCUT2D eigenvalue weighted by molar-refractivity contribution is 6.00. The zero-order valence-corrected chi connectivity index (χ0v) is 14.0. The van der Waals surface area contributed by atoms with Gasteiger partial charge in [0.1, 0.15) is 11.3 Å². The van der Waals surface area contributed by atoms with Crippen LogP contribution in [0.5, 0.6) is 0 Å². The van der Waals surface area contributed by atoms with Crippen molar-refractivity contribution in [2.45, 2.75) is 32.6 Å². The van der Waals surface area contributed by atoms with Crippen LogP contribution in [-0.2, 0) is 9.47 Å². The summed E-state index contributed by atoms with van der Waals surface area (Å²) in [5, 5.41) is 20.0. The van der Waals surface area contributed by atoms with E-state index in [-0.39, 0.29) is 5.84 Å². The van der Waals surface area contributed by atoms with Gasteiger partial charge in [-0.1, -0.05) is 29.8 Å². The molecule has 3 rings (SSSR count). The first-order valence-electron chi connectivity index (χ1n) is 8.02. The van der Waals surface area contributed by atoms with Crippen molar-refractivity contribution in [2.24, 2.45) is 21.6 Å². The number of ether oxygens (including phenoxy) is 2. The maximum atomic E-state index is 10.1. The summed E-state index contributed by atoms with van der Waals surface area (Å²) in [4.78, 5) is 4.32. The lowest BCUT2D eigenvalue weighted by Gasteiger charge is -2.31. The van der Waals surface area contributed by atoms with Gasteiger partial charge >= 0.3 is 0 Å². The van der Waals surface area contributed by atoms with Crippen molar-refractivity contribution in [2.75, 3.05) is 13.2 Å². The SMILES string of the molecule is CCOC1(OCC)N=C(N)[C@]2(C#N)[C@H](c3cccc(C)c3)[C@@]12C#N. The van der Waals surface area contributed by atoms with Crippen LogP contribution in [0.1, 0.15) is 30.9 Å². The van der Waals surface area contributed by atoms with Gasteiger partial charge in [-0.15, -0.1) is 0 Å². The third-order valence-corrected chi connectivity index (χ3v) is 4.98. The molecule has 2 aliphatic rings. The summed E-state index contributed by atoms with van der Waals surface area (Å²) in [5.74, 6) is -1.87. The predicted octanol–water partition coefficient (Wildman–Crippen LogP) is 2.21. The first-order valence-corrected chi connectivity index (χ1v) is 8.02. The average Bonchev–Trinajstić information content (AvgIpc) is 3.14. The van der Waals surface area contributed by atoms with Crippen molar-refractivity contribution in [1.82, 2.24) is 0 Å². The second-order valence-corrected chi connectivity index (χ2v) is 6.13. The first-order chi connectivity index (χ1) is 11.5. The molecule has 1 aromatic carbocycles. The van der Waals surface area contributed by atoms with E-state index in [1.165, 1.54) is 0 Å². The molecule has 1 aliphatic heterocycles. The van der Waals surface area contributed by atoms with Crippen LogP contribution in [0.25, 0.3) is 0 Å². The average molecular weight is 324 g/mol. The summed E-state index contributed by atoms with van der Waals surface area (Å²) >= 11 is 0. The minimum atomic E-state index is -1.54. The van der Waals surface area contributed by atoms with E-state index >= 15 is 0 Å². The number of aryl methyl sites for hydroxylation is 1. The fourth-order valence-electron chi connectivity index (χ4n) is 4.10. The Morgan fingerprint density at radius 2 is 1.88 bits per heavy atom. The number of fused-ring (bicyclic) bond motifs is 1. The van der Waals surface area contributed by atoms with E-state index in [9.17, 15) is 10.5 Å². The van der Waals surface area contributed by atoms with E-state index in [0.717, 1.165) is 11.1 Å². The Bertz CT molecular complexity index is 785. The number of amidine groups is 1. The second-order valence-electron chi connectivity index (χ2n) is 6.13. The maximum Gasteiger partial charge on any atom is 0.293 e. The van der Waals surface area contributed by atoms with Gasteiger partial charge in [-0.25, -0.2) is 4.99 Å². The van der Waals surface area contributed by atoms with Crippen molar-refractivity contribution in [3.63, 3.8) is 0 Å². The number of aliphatic imine (C=N–C) groups is 1. The zero-order valence-electron chi connectivity index (χ0n) is 14.0. The van der Waals surface area contributed by atoms with E-state index in [1.54, 1.807) is 13.8 Å². The Morgan fingerprint density at radius 1 is 1.21 bits per heavy atom. The van der Waals surface area contributed by atoms with Gasteiger partial charge in [-0.3, -0.25) is 0 Å². The molecule has 6 nitrogen and oxygen atoms in total. The van der Waals surface area contributed by atoms with Crippen LogP contribution in [0, 0.1) is 40.4 Å². The molecule has 0 saturated heterocycles. The Labute approximate surface area is 141 Å². The van der Waals surface area contributed by atoms with Gasteiger partial charge in [0.05, 0.1) is 12.1 Å². The third kappa shape index (κ3) is 1.62. The van der Waals surface area contributed by atoms with Crippen molar-refractivity contribution >= 4 is 5.84 Å². The summed E-state index contributed by atoms with van der Waals surface area (Å²) in [6.07, 6.45) is 0. The van der Waals surface area contributed by atoms with Crippen LogP contribution in [-0.4, -0.2) is 25.0 Å². The van der Waals surface area contributed by atoms with Gasteiger partial charge in [0.15, 0.2) is 5.41 Å². The number of nitrogens with two attached hydrogens (primary N) is 1. The van der Waals surface area contributed by atoms with Gasteiger partial charge in [-0.05, 0) is 26.3 Å². The molecule has 24 heavy (non-hydrogen) atoms. The Morgan fingerprint density at radius 3 is 2.38 bits per heavy atom. The van der Waals surface area contributed by atoms with E-state index in [0.29, 0.717) is 13.2 Å². The molecule has 0 radical (unpaired) electrons. The molecule has 1 saturated carbocycles. The summed E-state index contributed by atoms with van der Waals surface area (Å²) < 4.78 is 11.6. The highest BCUT2D eigenvalue weighted by Crippen LogP contribution is 2.81. The van der Waals surface area contributed by atoms with Gasteiger partial charge in [-0.2, -0.15) is 10.5 Å². The van der Waals surface area contributed by atoms with E-state index in [2.05, 4.69) is 17.1 Å². The van der Waals surface area contributed by atoms with Crippen LogP contribution >= 0.6 is 0 Å². The maximum absolute atomic E-state index is 10.1. The first kappa shape index (κ1) is 16.4. The molecular weight excluding hydrogens is 304 g/mol. The fraction of sp³-hybridized carbons (Fsp3) is 0.500. The molecule has 6 heteroatoms. The molecule has 1 heterocycles. The largest absolute Gasteiger partial charge is 0.386 e. The molecular formula is C18H20N4O2. The summed E-state index contributed by atoms with van der Waals surface area (Å²) in [7, 11) is 0. The number of hydrogen-bond donors (Lipinski definition) is 1. The summed E-state index contributed by atoms with van der Waals surface area (Å²) in [5.41, 5.74) is 5.57. The highest BCUT2D eigenvalue weighted by atomic mass is 16.7. The number of nitriles is 2. The third-order valence-electron chi connectivity index (χ3n) is 4.98. The molecule has 0 aromatic heterocycles. The normalized spacial score (nSPS) is 32.4. The lowest BCUT2D eigenvalue weighted by molar-refractivity contribution is -0.255. The van der Waals surface area contributed by atoms with Crippen LogP contribution in [0.3, 0.4) is 0 Å². The van der Waals surface area contributed by atoms with Crippen LogP contribution in [0.15, 0.2) is 29.3 Å².